The lowest BCUT2D eigenvalue weighted by molar-refractivity contribution is -0.130. The zero-order chi connectivity index (χ0) is 21.1. The summed E-state index contributed by atoms with van der Waals surface area (Å²) in [4.78, 5) is 17.3. The Labute approximate surface area is 183 Å². The number of nitrogens with zero attached hydrogens (tertiary/aromatic N) is 1. The minimum Gasteiger partial charge on any atom is -0.503 e. The second-order valence-electron chi connectivity index (χ2n) is 7.08. The highest BCUT2D eigenvalue weighted by Crippen LogP contribution is 2.34. The van der Waals surface area contributed by atoms with Gasteiger partial charge in [-0.05, 0) is 48.2 Å². The first kappa shape index (κ1) is 20.4. The molecule has 0 saturated heterocycles. The van der Waals surface area contributed by atoms with Gasteiger partial charge in [-0.3, -0.25) is 0 Å². The standard InChI is InChI=1S/C23H20ClNO4S/c1-28-12-19(23(26)27)20-13-30-21-9-2-14(10-18(20)21)11-29-25-22(15-3-4-15)16-5-7-17(24)8-6-16/h2,5-10,12-13,15H,3-4,11H2,1H3,(H,26,27). The van der Waals surface area contributed by atoms with Gasteiger partial charge in [-0.25, -0.2) is 4.79 Å². The Kier molecular flexibility index (Phi) is 6.06. The first-order chi connectivity index (χ1) is 14.6. The van der Waals surface area contributed by atoms with Crippen LogP contribution in [-0.4, -0.2) is 23.9 Å². The van der Waals surface area contributed by atoms with Crippen LogP contribution in [0.2, 0.25) is 5.02 Å². The Morgan fingerprint density at radius 2 is 2.03 bits per heavy atom. The molecule has 0 amide bonds. The van der Waals surface area contributed by atoms with Crippen molar-refractivity contribution in [3.63, 3.8) is 0 Å². The number of carbonyl (C=O) groups is 1. The molecule has 2 aromatic carbocycles. The molecule has 0 atom stereocenters. The van der Waals surface area contributed by atoms with E-state index in [-0.39, 0.29) is 5.57 Å². The van der Waals surface area contributed by atoms with E-state index in [1.165, 1.54) is 24.7 Å². The van der Waals surface area contributed by atoms with E-state index in [4.69, 9.17) is 21.2 Å². The third-order valence-electron chi connectivity index (χ3n) is 4.89. The molecular formula is C23H20ClNO4S. The summed E-state index contributed by atoms with van der Waals surface area (Å²) in [6, 6.07) is 13.5. The molecule has 0 bridgehead atoms. The molecule has 0 unspecified atom stereocenters. The summed E-state index contributed by atoms with van der Waals surface area (Å²) in [5.41, 5.74) is 3.64. The van der Waals surface area contributed by atoms with Gasteiger partial charge in [0.15, 0.2) is 0 Å². The molecule has 1 aliphatic carbocycles. The van der Waals surface area contributed by atoms with Crippen molar-refractivity contribution in [3.05, 3.63) is 75.8 Å². The number of carboxylic acid groups (broad SMARTS) is 1. The first-order valence-corrected chi connectivity index (χ1v) is 10.7. The smallest absolute Gasteiger partial charge is 0.339 e. The number of oxime groups is 1. The maximum atomic E-state index is 11.6. The number of benzene rings is 2. The van der Waals surface area contributed by atoms with Crippen LogP contribution in [0.3, 0.4) is 0 Å². The normalized spacial score (nSPS) is 14.7. The van der Waals surface area contributed by atoms with Gasteiger partial charge in [0.1, 0.15) is 12.2 Å². The minimum absolute atomic E-state index is 0.124. The van der Waals surface area contributed by atoms with Gasteiger partial charge in [0.05, 0.1) is 19.1 Å². The lowest BCUT2D eigenvalue weighted by Gasteiger charge is -2.07. The third kappa shape index (κ3) is 4.50. The van der Waals surface area contributed by atoms with E-state index in [9.17, 15) is 9.90 Å². The SMILES string of the molecule is COC=C(C(=O)O)c1csc2ccc(CON=C(c3ccc(Cl)cc3)C3CC3)cc12. The first-order valence-electron chi connectivity index (χ1n) is 9.49. The molecule has 4 rings (SSSR count). The molecule has 0 aliphatic heterocycles. The number of fused-ring (bicyclic) bond motifs is 1. The van der Waals surface area contributed by atoms with Crippen molar-refractivity contribution in [3.8, 4) is 0 Å². The Hall–Kier alpha value is -2.83. The molecule has 0 radical (unpaired) electrons. The van der Waals surface area contributed by atoms with Gasteiger partial charge in [0, 0.05) is 32.0 Å². The lowest BCUT2D eigenvalue weighted by Crippen LogP contribution is -2.04. The molecule has 1 N–H and O–H groups in total. The quantitative estimate of drug-likeness (QED) is 0.203. The fourth-order valence-electron chi connectivity index (χ4n) is 3.24. The average Bonchev–Trinajstić information content (AvgIpc) is 3.50. The molecule has 0 spiro atoms. The summed E-state index contributed by atoms with van der Waals surface area (Å²) in [6.45, 7) is 0.297. The van der Waals surface area contributed by atoms with Crippen LogP contribution >= 0.6 is 22.9 Å². The predicted octanol–water partition coefficient (Wildman–Crippen LogP) is 5.96. The number of methoxy groups -OCH3 is 1. The van der Waals surface area contributed by atoms with Crippen LogP contribution in [0.15, 0.2) is 59.3 Å². The molecule has 154 valence electrons. The Morgan fingerprint density at radius 1 is 1.27 bits per heavy atom. The van der Waals surface area contributed by atoms with E-state index in [0.29, 0.717) is 23.1 Å². The largest absolute Gasteiger partial charge is 0.503 e. The van der Waals surface area contributed by atoms with Gasteiger partial charge in [0.25, 0.3) is 0 Å². The van der Waals surface area contributed by atoms with Crippen LogP contribution in [0.25, 0.3) is 15.7 Å². The number of hydrogen-bond acceptors (Lipinski definition) is 5. The van der Waals surface area contributed by atoms with Crippen molar-refractivity contribution in [2.75, 3.05) is 7.11 Å². The van der Waals surface area contributed by atoms with Crippen LogP contribution in [0.1, 0.15) is 29.5 Å². The third-order valence-corrected chi connectivity index (χ3v) is 6.11. The number of halogens is 1. The van der Waals surface area contributed by atoms with Crippen LogP contribution in [0.5, 0.6) is 0 Å². The number of aliphatic carboxylic acids is 1. The summed E-state index contributed by atoms with van der Waals surface area (Å²) >= 11 is 7.48. The minimum atomic E-state index is -1.03. The van der Waals surface area contributed by atoms with Gasteiger partial charge in [-0.15, -0.1) is 11.3 Å². The van der Waals surface area contributed by atoms with Crippen molar-refractivity contribution < 1.29 is 19.5 Å². The number of hydrogen-bond donors (Lipinski definition) is 1. The molecule has 1 aromatic heterocycles. The maximum Gasteiger partial charge on any atom is 0.339 e. The molecule has 3 aromatic rings. The Bertz CT molecular complexity index is 1130. The molecule has 5 nitrogen and oxygen atoms in total. The van der Waals surface area contributed by atoms with E-state index >= 15 is 0 Å². The van der Waals surface area contributed by atoms with Crippen molar-refractivity contribution in [1.82, 2.24) is 0 Å². The maximum absolute atomic E-state index is 11.6. The summed E-state index contributed by atoms with van der Waals surface area (Å²) in [5.74, 6) is -0.603. The molecule has 1 fully saturated rings. The van der Waals surface area contributed by atoms with E-state index in [0.717, 1.165) is 39.8 Å². The fourth-order valence-corrected chi connectivity index (χ4v) is 4.31. The second kappa shape index (κ2) is 8.90. The summed E-state index contributed by atoms with van der Waals surface area (Å²) in [6.07, 6.45) is 3.48. The summed E-state index contributed by atoms with van der Waals surface area (Å²) in [7, 11) is 1.44. The number of thiophene rings is 1. The molecular weight excluding hydrogens is 422 g/mol. The lowest BCUT2D eigenvalue weighted by atomic mass is 10.0. The van der Waals surface area contributed by atoms with Crippen LogP contribution < -0.4 is 0 Å². The van der Waals surface area contributed by atoms with E-state index in [1.54, 1.807) is 0 Å². The highest BCUT2D eigenvalue weighted by molar-refractivity contribution is 7.17. The monoisotopic (exact) mass is 441 g/mol. The van der Waals surface area contributed by atoms with Gasteiger partial charge in [0.2, 0.25) is 0 Å². The average molecular weight is 442 g/mol. The second-order valence-corrected chi connectivity index (χ2v) is 8.43. The van der Waals surface area contributed by atoms with E-state index in [1.807, 2.05) is 47.8 Å². The highest BCUT2D eigenvalue weighted by atomic mass is 35.5. The molecule has 1 aliphatic rings. The van der Waals surface area contributed by atoms with Crippen LogP contribution in [0, 0.1) is 5.92 Å². The zero-order valence-corrected chi connectivity index (χ0v) is 17.9. The van der Waals surface area contributed by atoms with Crippen LogP contribution in [0.4, 0.5) is 0 Å². The van der Waals surface area contributed by atoms with Crippen molar-refractivity contribution in [2.45, 2.75) is 19.4 Å². The molecule has 7 heteroatoms. The Morgan fingerprint density at radius 3 is 2.70 bits per heavy atom. The number of carboxylic acids is 1. The molecule has 1 saturated carbocycles. The summed E-state index contributed by atoms with van der Waals surface area (Å²) < 4.78 is 5.95. The van der Waals surface area contributed by atoms with Gasteiger partial charge >= 0.3 is 5.97 Å². The predicted molar refractivity (Wildman–Crippen MR) is 120 cm³/mol. The van der Waals surface area contributed by atoms with Crippen molar-refractivity contribution in [1.29, 1.82) is 0 Å². The van der Waals surface area contributed by atoms with Gasteiger partial charge < -0.3 is 14.7 Å². The summed E-state index contributed by atoms with van der Waals surface area (Å²) in [5, 5.41) is 17.3. The number of ether oxygens (including phenoxy) is 1. The van der Waals surface area contributed by atoms with Crippen molar-refractivity contribution in [2.24, 2.45) is 11.1 Å². The van der Waals surface area contributed by atoms with Crippen LogP contribution in [-0.2, 0) is 21.0 Å². The van der Waals surface area contributed by atoms with E-state index in [2.05, 4.69) is 5.16 Å². The van der Waals surface area contributed by atoms with Gasteiger partial charge in [-0.2, -0.15) is 0 Å². The Balaban J connectivity index is 1.56. The van der Waals surface area contributed by atoms with E-state index < -0.39 is 5.97 Å². The zero-order valence-electron chi connectivity index (χ0n) is 16.3. The number of rotatable bonds is 8. The van der Waals surface area contributed by atoms with Crippen molar-refractivity contribution >= 4 is 50.3 Å². The highest BCUT2D eigenvalue weighted by Gasteiger charge is 2.29. The molecule has 1 heterocycles. The van der Waals surface area contributed by atoms with Gasteiger partial charge in [-0.1, -0.05) is 35.0 Å². The topological polar surface area (TPSA) is 68.1 Å². The fraction of sp³-hybridized carbons (Fsp3) is 0.217. The molecule has 30 heavy (non-hydrogen) atoms.